The van der Waals surface area contributed by atoms with Gasteiger partial charge in [0.15, 0.2) is 5.16 Å². The quantitative estimate of drug-likeness (QED) is 0.481. The van der Waals surface area contributed by atoms with E-state index in [2.05, 4.69) is 23.8 Å². The Morgan fingerprint density at radius 2 is 1.90 bits per heavy atom. The number of aromatic nitrogens is 2. The van der Waals surface area contributed by atoms with Gasteiger partial charge in [-0.25, -0.2) is 9.97 Å². The molecule has 0 spiro atoms. The third-order valence-corrected chi connectivity index (χ3v) is 1.78. The molecule has 0 aliphatic rings. The first-order valence-corrected chi connectivity index (χ1v) is 4.10. The van der Waals surface area contributed by atoms with Crippen molar-refractivity contribution in [2.24, 2.45) is 0 Å². The van der Waals surface area contributed by atoms with Gasteiger partial charge < -0.3 is 0 Å². The van der Waals surface area contributed by atoms with Crippen LogP contribution in [-0.2, 0) is 0 Å². The van der Waals surface area contributed by atoms with E-state index in [9.17, 15) is 0 Å². The van der Waals surface area contributed by atoms with Crippen molar-refractivity contribution in [1.29, 1.82) is 0 Å². The van der Waals surface area contributed by atoms with Gasteiger partial charge in [0.25, 0.3) is 0 Å². The molecule has 54 valence electrons. The molecule has 1 rings (SSSR count). The Labute approximate surface area is 65.1 Å². The molecule has 0 aliphatic heterocycles. The average molecular weight is 154 g/mol. The molecule has 0 N–H and O–H groups in total. The molecule has 0 aromatic carbocycles. The molecule has 0 fully saturated rings. The minimum atomic E-state index is 0.558. The zero-order chi connectivity index (χ0) is 7.40. The SMILES string of the molecule is CC(C)Sc1ncccn1. The normalized spacial score (nSPS) is 10.3. The number of hydrogen-bond donors (Lipinski definition) is 0. The van der Waals surface area contributed by atoms with Gasteiger partial charge in [-0.2, -0.15) is 0 Å². The number of nitrogens with zero attached hydrogens (tertiary/aromatic N) is 2. The topological polar surface area (TPSA) is 25.8 Å². The maximum absolute atomic E-state index is 4.07. The second-order valence-corrected chi connectivity index (χ2v) is 3.74. The van der Waals surface area contributed by atoms with Crippen LogP contribution in [0, 0.1) is 0 Å². The van der Waals surface area contributed by atoms with Crippen LogP contribution in [0.4, 0.5) is 0 Å². The van der Waals surface area contributed by atoms with Gasteiger partial charge in [-0.15, -0.1) is 0 Å². The van der Waals surface area contributed by atoms with Gasteiger partial charge in [-0.05, 0) is 6.07 Å². The Morgan fingerprint density at radius 1 is 1.30 bits per heavy atom. The Balaban J connectivity index is 2.59. The molecule has 1 heterocycles. The van der Waals surface area contributed by atoms with Gasteiger partial charge in [-0.3, -0.25) is 0 Å². The van der Waals surface area contributed by atoms with E-state index in [0.29, 0.717) is 5.25 Å². The van der Waals surface area contributed by atoms with Crippen LogP contribution in [0.3, 0.4) is 0 Å². The smallest absolute Gasteiger partial charge is 0.187 e. The van der Waals surface area contributed by atoms with Crippen LogP contribution in [0.25, 0.3) is 0 Å². The summed E-state index contributed by atoms with van der Waals surface area (Å²) in [5.41, 5.74) is 0. The molecule has 0 amide bonds. The van der Waals surface area contributed by atoms with E-state index in [1.807, 2.05) is 6.07 Å². The van der Waals surface area contributed by atoms with Gasteiger partial charge >= 0.3 is 0 Å². The van der Waals surface area contributed by atoms with Crippen LogP contribution >= 0.6 is 11.8 Å². The third kappa shape index (κ3) is 2.35. The molecule has 0 saturated carbocycles. The minimum absolute atomic E-state index is 0.558. The van der Waals surface area contributed by atoms with E-state index in [1.165, 1.54) is 0 Å². The van der Waals surface area contributed by atoms with Crippen LogP contribution in [0.5, 0.6) is 0 Å². The number of rotatable bonds is 2. The van der Waals surface area contributed by atoms with Crippen molar-refractivity contribution in [3.05, 3.63) is 18.5 Å². The molecule has 0 saturated heterocycles. The highest BCUT2D eigenvalue weighted by Gasteiger charge is 1.97. The zero-order valence-electron chi connectivity index (χ0n) is 6.11. The van der Waals surface area contributed by atoms with E-state index in [0.717, 1.165) is 5.16 Å². The zero-order valence-corrected chi connectivity index (χ0v) is 6.93. The first-order valence-electron chi connectivity index (χ1n) is 3.22. The molecule has 0 radical (unpaired) electrons. The Bertz CT molecular complexity index is 186. The second kappa shape index (κ2) is 3.56. The summed E-state index contributed by atoms with van der Waals surface area (Å²) in [5.74, 6) is 0. The first kappa shape index (κ1) is 7.54. The van der Waals surface area contributed by atoms with Crippen molar-refractivity contribution in [2.45, 2.75) is 24.3 Å². The van der Waals surface area contributed by atoms with Crippen molar-refractivity contribution in [2.75, 3.05) is 0 Å². The maximum atomic E-state index is 4.07. The van der Waals surface area contributed by atoms with Crippen molar-refractivity contribution >= 4 is 11.8 Å². The van der Waals surface area contributed by atoms with Gasteiger partial charge in [0.05, 0.1) is 0 Å². The lowest BCUT2D eigenvalue weighted by Crippen LogP contribution is -1.90. The fraction of sp³-hybridized carbons (Fsp3) is 0.429. The fourth-order valence-corrected chi connectivity index (χ4v) is 1.22. The highest BCUT2D eigenvalue weighted by molar-refractivity contribution is 7.99. The van der Waals surface area contributed by atoms with Crippen LogP contribution < -0.4 is 0 Å². The van der Waals surface area contributed by atoms with Gasteiger partial charge in [-0.1, -0.05) is 25.6 Å². The van der Waals surface area contributed by atoms with Gasteiger partial charge in [0.1, 0.15) is 0 Å². The van der Waals surface area contributed by atoms with Crippen molar-refractivity contribution in [1.82, 2.24) is 9.97 Å². The lowest BCUT2D eigenvalue weighted by Gasteiger charge is -1.99. The molecular weight excluding hydrogens is 144 g/mol. The molecule has 3 heteroatoms. The summed E-state index contributed by atoms with van der Waals surface area (Å²) >= 11 is 1.68. The highest BCUT2D eigenvalue weighted by atomic mass is 32.2. The second-order valence-electron chi connectivity index (χ2n) is 2.20. The summed E-state index contributed by atoms with van der Waals surface area (Å²) in [6.07, 6.45) is 3.52. The molecule has 0 atom stereocenters. The molecule has 0 unspecified atom stereocenters. The maximum Gasteiger partial charge on any atom is 0.187 e. The minimum Gasteiger partial charge on any atom is -0.231 e. The predicted octanol–water partition coefficient (Wildman–Crippen LogP) is 1.98. The van der Waals surface area contributed by atoms with Crippen LogP contribution in [-0.4, -0.2) is 15.2 Å². The number of thioether (sulfide) groups is 1. The summed E-state index contributed by atoms with van der Waals surface area (Å²) in [6.45, 7) is 4.25. The van der Waals surface area contributed by atoms with Crippen LogP contribution in [0.15, 0.2) is 23.6 Å². The molecular formula is C7H10N2S. The highest BCUT2D eigenvalue weighted by Crippen LogP contribution is 2.16. The standard InChI is InChI=1S/C7H10N2S/c1-6(2)10-7-8-4-3-5-9-7/h3-6H,1-2H3. The largest absolute Gasteiger partial charge is 0.231 e. The summed E-state index contributed by atoms with van der Waals surface area (Å²) in [4.78, 5) is 8.14. The van der Waals surface area contributed by atoms with E-state index in [4.69, 9.17) is 0 Å². The summed E-state index contributed by atoms with van der Waals surface area (Å²) < 4.78 is 0. The van der Waals surface area contributed by atoms with E-state index >= 15 is 0 Å². The first-order chi connectivity index (χ1) is 4.79. The molecule has 10 heavy (non-hydrogen) atoms. The molecule has 1 aromatic heterocycles. The molecule has 0 bridgehead atoms. The summed E-state index contributed by atoms with van der Waals surface area (Å²) in [5, 5.41) is 1.42. The lowest BCUT2D eigenvalue weighted by molar-refractivity contribution is 0.954. The van der Waals surface area contributed by atoms with Crippen molar-refractivity contribution < 1.29 is 0 Å². The van der Waals surface area contributed by atoms with E-state index in [-0.39, 0.29) is 0 Å². The summed E-state index contributed by atoms with van der Waals surface area (Å²) in [7, 11) is 0. The molecule has 2 nitrogen and oxygen atoms in total. The Kier molecular flexibility index (Phi) is 2.68. The van der Waals surface area contributed by atoms with Crippen molar-refractivity contribution in [3.63, 3.8) is 0 Å². The predicted molar refractivity (Wildman–Crippen MR) is 43.0 cm³/mol. The number of hydrogen-bond acceptors (Lipinski definition) is 3. The third-order valence-electron chi connectivity index (χ3n) is 0.883. The van der Waals surface area contributed by atoms with E-state index in [1.54, 1.807) is 24.2 Å². The van der Waals surface area contributed by atoms with Crippen molar-refractivity contribution in [3.8, 4) is 0 Å². The van der Waals surface area contributed by atoms with Gasteiger partial charge in [0, 0.05) is 17.6 Å². The molecule has 1 aromatic rings. The Hall–Kier alpha value is -0.570. The van der Waals surface area contributed by atoms with Crippen LogP contribution in [0.1, 0.15) is 13.8 Å². The Morgan fingerprint density at radius 3 is 2.40 bits per heavy atom. The van der Waals surface area contributed by atoms with Gasteiger partial charge in [0.2, 0.25) is 0 Å². The monoisotopic (exact) mass is 154 g/mol. The lowest BCUT2D eigenvalue weighted by atomic mass is 10.6. The molecule has 0 aliphatic carbocycles. The fourth-order valence-electron chi connectivity index (χ4n) is 0.557. The average Bonchev–Trinajstić information content (AvgIpc) is 1.88. The van der Waals surface area contributed by atoms with E-state index < -0.39 is 0 Å². The summed E-state index contributed by atoms with van der Waals surface area (Å²) in [6, 6.07) is 1.82. The van der Waals surface area contributed by atoms with Crippen LogP contribution in [0.2, 0.25) is 0 Å².